The molecule has 1 saturated heterocycles. The Morgan fingerprint density at radius 3 is 2.50 bits per heavy atom. The number of aromatic nitrogens is 1. The monoisotopic (exact) mass is 327 g/mol. The third-order valence-corrected chi connectivity index (χ3v) is 5.03. The number of hydrogen-bond donors (Lipinski definition) is 1. The summed E-state index contributed by atoms with van der Waals surface area (Å²) in [5, 5.41) is 3.22. The van der Waals surface area contributed by atoms with E-state index < -0.39 is 0 Å². The van der Waals surface area contributed by atoms with Crippen molar-refractivity contribution in [3.63, 3.8) is 0 Å². The fourth-order valence-electron chi connectivity index (χ4n) is 2.51. The highest BCUT2D eigenvalue weighted by atomic mass is 32.1. The van der Waals surface area contributed by atoms with E-state index in [1.807, 2.05) is 21.0 Å². The number of nitrogens with one attached hydrogen (secondary N) is 1. The SMILES string of the molecule is CCC1CCN(Cc2sc(C(=O)OC)nc2C)CC1.CNC. The average molecular weight is 327 g/mol. The van der Waals surface area contributed by atoms with Crippen molar-refractivity contribution in [1.29, 1.82) is 0 Å². The van der Waals surface area contributed by atoms with Crippen LogP contribution in [0.4, 0.5) is 0 Å². The van der Waals surface area contributed by atoms with Gasteiger partial charge in [0, 0.05) is 11.4 Å². The van der Waals surface area contributed by atoms with Gasteiger partial charge in [0.2, 0.25) is 5.01 Å². The van der Waals surface area contributed by atoms with E-state index in [0.29, 0.717) is 5.01 Å². The summed E-state index contributed by atoms with van der Waals surface area (Å²) in [6.07, 6.45) is 3.87. The molecule has 22 heavy (non-hydrogen) atoms. The quantitative estimate of drug-likeness (QED) is 0.862. The Kier molecular flexibility index (Phi) is 8.60. The Balaban J connectivity index is 0.000000745. The van der Waals surface area contributed by atoms with Crippen LogP contribution in [0.3, 0.4) is 0 Å². The standard InChI is InChI=1S/C14H22N2O2S.C2H7N/c1-4-11-5-7-16(8-6-11)9-12-10(2)15-13(19-12)14(17)18-3;1-3-2/h11H,4-9H2,1-3H3;3H,1-2H3. The first kappa shape index (κ1) is 19.1. The van der Waals surface area contributed by atoms with E-state index in [-0.39, 0.29) is 5.97 Å². The van der Waals surface area contributed by atoms with E-state index in [0.717, 1.165) is 31.2 Å². The third kappa shape index (κ3) is 5.66. The van der Waals surface area contributed by atoms with Crippen LogP contribution in [0.25, 0.3) is 0 Å². The molecule has 1 aromatic rings. The molecule has 0 amide bonds. The lowest BCUT2D eigenvalue weighted by Crippen LogP contribution is -2.32. The van der Waals surface area contributed by atoms with Crippen molar-refractivity contribution in [3.05, 3.63) is 15.6 Å². The van der Waals surface area contributed by atoms with Gasteiger partial charge in [-0.05, 0) is 52.9 Å². The van der Waals surface area contributed by atoms with Crippen molar-refractivity contribution < 1.29 is 9.53 Å². The second-order valence-electron chi connectivity index (χ2n) is 5.65. The van der Waals surface area contributed by atoms with Gasteiger partial charge in [0.05, 0.1) is 12.8 Å². The summed E-state index contributed by atoms with van der Waals surface area (Å²) in [7, 11) is 5.15. The van der Waals surface area contributed by atoms with Gasteiger partial charge in [-0.15, -0.1) is 11.3 Å². The molecule has 0 saturated carbocycles. The second-order valence-corrected chi connectivity index (χ2v) is 6.73. The summed E-state index contributed by atoms with van der Waals surface area (Å²) in [5.41, 5.74) is 0.961. The number of esters is 1. The van der Waals surface area contributed by atoms with E-state index in [1.54, 1.807) is 0 Å². The molecule has 1 fully saturated rings. The number of piperidine rings is 1. The molecule has 2 rings (SSSR count). The second kappa shape index (κ2) is 9.92. The van der Waals surface area contributed by atoms with E-state index in [1.165, 1.54) is 42.6 Å². The van der Waals surface area contributed by atoms with Crippen molar-refractivity contribution in [3.8, 4) is 0 Å². The predicted octanol–water partition coefficient (Wildman–Crippen LogP) is 2.70. The number of aryl methyl sites for hydroxylation is 1. The maximum absolute atomic E-state index is 11.5. The third-order valence-electron chi connectivity index (χ3n) is 3.90. The first-order valence-corrected chi connectivity index (χ1v) is 8.72. The van der Waals surface area contributed by atoms with E-state index in [9.17, 15) is 4.79 Å². The minimum atomic E-state index is -0.330. The topological polar surface area (TPSA) is 54.5 Å². The molecular formula is C16H29N3O2S. The van der Waals surface area contributed by atoms with Gasteiger partial charge < -0.3 is 10.1 Å². The summed E-state index contributed by atoms with van der Waals surface area (Å²) >= 11 is 1.47. The van der Waals surface area contributed by atoms with Crippen molar-refractivity contribution in [1.82, 2.24) is 15.2 Å². The number of hydrogen-bond acceptors (Lipinski definition) is 6. The van der Waals surface area contributed by atoms with Gasteiger partial charge in [0.1, 0.15) is 0 Å². The Hall–Kier alpha value is -0.980. The fraction of sp³-hybridized carbons (Fsp3) is 0.750. The van der Waals surface area contributed by atoms with E-state index >= 15 is 0 Å². The van der Waals surface area contributed by atoms with Crippen molar-refractivity contribution >= 4 is 17.3 Å². The Morgan fingerprint density at radius 1 is 1.41 bits per heavy atom. The van der Waals surface area contributed by atoms with Crippen molar-refractivity contribution in [2.45, 2.75) is 39.7 Å². The molecule has 0 unspecified atom stereocenters. The predicted molar refractivity (Wildman–Crippen MR) is 91.5 cm³/mol. The Morgan fingerprint density at radius 2 is 2.00 bits per heavy atom. The van der Waals surface area contributed by atoms with Gasteiger partial charge >= 0.3 is 5.97 Å². The number of rotatable bonds is 4. The number of carbonyl (C=O) groups is 1. The fourth-order valence-corrected chi connectivity index (χ4v) is 3.53. The number of nitrogens with zero attached hydrogens (tertiary/aromatic N) is 2. The molecule has 0 aliphatic carbocycles. The molecule has 0 radical (unpaired) electrons. The van der Waals surface area contributed by atoms with E-state index in [2.05, 4.69) is 22.1 Å². The highest BCUT2D eigenvalue weighted by Gasteiger charge is 2.21. The first-order valence-electron chi connectivity index (χ1n) is 7.91. The molecule has 0 aromatic carbocycles. The maximum Gasteiger partial charge on any atom is 0.367 e. The molecule has 0 bridgehead atoms. The molecular weight excluding hydrogens is 298 g/mol. The lowest BCUT2D eigenvalue weighted by atomic mass is 9.94. The molecule has 0 spiro atoms. The van der Waals surface area contributed by atoms with Gasteiger partial charge in [0.25, 0.3) is 0 Å². The summed E-state index contributed by atoms with van der Waals surface area (Å²) in [6.45, 7) is 7.47. The molecule has 1 aliphatic heterocycles. The average Bonchev–Trinajstić information content (AvgIpc) is 2.89. The van der Waals surface area contributed by atoms with Crippen LogP contribution in [-0.4, -0.2) is 50.1 Å². The largest absolute Gasteiger partial charge is 0.464 e. The number of methoxy groups -OCH3 is 1. The maximum atomic E-state index is 11.5. The normalized spacial score (nSPS) is 16.0. The van der Waals surface area contributed by atoms with Crippen LogP contribution in [0.2, 0.25) is 0 Å². The lowest BCUT2D eigenvalue weighted by Gasteiger charge is -2.31. The molecule has 6 heteroatoms. The van der Waals surface area contributed by atoms with Crippen LogP contribution in [0.5, 0.6) is 0 Å². The number of thiazole rings is 1. The molecule has 0 atom stereocenters. The summed E-state index contributed by atoms with van der Waals surface area (Å²) < 4.78 is 4.72. The zero-order chi connectivity index (χ0) is 16.5. The van der Waals surface area contributed by atoms with Crippen LogP contribution in [0.15, 0.2) is 0 Å². The van der Waals surface area contributed by atoms with Crippen LogP contribution in [0, 0.1) is 12.8 Å². The van der Waals surface area contributed by atoms with Crippen LogP contribution in [-0.2, 0) is 11.3 Å². The van der Waals surface area contributed by atoms with Crippen LogP contribution >= 0.6 is 11.3 Å². The number of ether oxygens (including phenoxy) is 1. The highest BCUT2D eigenvalue weighted by Crippen LogP contribution is 2.25. The minimum Gasteiger partial charge on any atom is -0.464 e. The summed E-state index contributed by atoms with van der Waals surface area (Å²) in [5.74, 6) is 0.563. The van der Waals surface area contributed by atoms with Gasteiger partial charge in [0.15, 0.2) is 0 Å². The van der Waals surface area contributed by atoms with Gasteiger partial charge in [-0.2, -0.15) is 0 Å². The lowest BCUT2D eigenvalue weighted by molar-refractivity contribution is 0.0600. The zero-order valence-electron chi connectivity index (χ0n) is 14.4. The Bertz CT molecular complexity index is 454. The van der Waals surface area contributed by atoms with Gasteiger partial charge in [-0.3, -0.25) is 4.90 Å². The number of likely N-dealkylation sites (tertiary alicyclic amines) is 1. The Labute approximate surface area is 138 Å². The number of carbonyl (C=O) groups excluding carboxylic acids is 1. The molecule has 1 aliphatic rings. The molecule has 126 valence electrons. The molecule has 1 N–H and O–H groups in total. The van der Waals surface area contributed by atoms with Crippen molar-refractivity contribution in [2.75, 3.05) is 34.3 Å². The minimum absolute atomic E-state index is 0.330. The van der Waals surface area contributed by atoms with Gasteiger partial charge in [-0.1, -0.05) is 13.3 Å². The summed E-state index contributed by atoms with van der Waals surface area (Å²) in [4.78, 5) is 19.4. The highest BCUT2D eigenvalue weighted by molar-refractivity contribution is 7.13. The van der Waals surface area contributed by atoms with Crippen LogP contribution in [0.1, 0.15) is 46.6 Å². The summed E-state index contributed by atoms with van der Waals surface area (Å²) in [6, 6.07) is 0. The molecule has 2 heterocycles. The van der Waals surface area contributed by atoms with Gasteiger partial charge in [-0.25, -0.2) is 9.78 Å². The van der Waals surface area contributed by atoms with Crippen LogP contribution < -0.4 is 5.32 Å². The van der Waals surface area contributed by atoms with Crippen molar-refractivity contribution in [2.24, 2.45) is 5.92 Å². The smallest absolute Gasteiger partial charge is 0.367 e. The zero-order valence-corrected chi connectivity index (χ0v) is 15.3. The van der Waals surface area contributed by atoms with E-state index in [4.69, 9.17) is 4.74 Å². The first-order chi connectivity index (χ1) is 10.5. The molecule has 1 aromatic heterocycles. The molecule has 5 nitrogen and oxygen atoms in total.